The number of benzene rings is 1. The van der Waals surface area contributed by atoms with Crippen LogP contribution in [0.15, 0.2) is 12.1 Å². The van der Waals surface area contributed by atoms with Crippen molar-refractivity contribution in [1.29, 1.82) is 5.26 Å². The summed E-state index contributed by atoms with van der Waals surface area (Å²) in [6.45, 7) is 5.00. The number of nitrogens with zero attached hydrogens (tertiary/aromatic N) is 1. The molecule has 1 rings (SSSR count). The van der Waals surface area contributed by atoms with Crippen molar-refractivity contribution in [2.75, 3.05) is 17.6 Å². The highest BCUT2D eigenvalue weighted by Gasteiger charge is 2.03. The molecule has 1 aromatic rings. The van der Waals surface area contributed by atoms with E-state index in [0.29, 0.717) is 11.3 Å². The molecule has 0 aliphatic carbocycles. The molecule has 0 aliphatic heterocycles. The van der Waals surface area contributed by atoms with Gasteiger partial charge in [-0.1, -0.05) is 6.92 Å². The minimum Gasteiger partial charge on any atom is -0.398 e. The maximum absolute atomic E-state index is 8.80. The summed E-state index contributed by atoms with van der Waals surface area (Å²) in [6.07, 6.45) is 1.06. The first-order chi connectivity index (χ1) is 6.69. The van der Waals surface area contributed by atoms with Crippen LogP contribution in [0.5, 0.6) is 0 Å². The average Bonchev–Trinajstić information content (AvgIpc) is 2.17. The second-order valence-corrected chi connectivity index (χ2v) is 3.29. The van der Waals surface area contributed by atoms with Gasteiger partial charge in [-0.2, -0.15) is 5.26 Å². The van der Waals surface area contributed by atoms with Gasteiger partial charge in [0.2, 0.25) is 0 Å². The van der Waals surface area contributed by atoms with E-state index in [9.17, 15) is 0 Å². The lowest BCUT2D eigenvalue weighted by Gasteiger charge is -2.10. The monoisotopic (exact) mass is 189 g/mol. The predicted molar refractivity (Wildman–Crippen MR) is 59.1 cm³/mol. The molecule has 0 aliphatic rings. The summed E-state index contributed by atoms with van der Waals surface area (Å²) in [5, 5.41) is 12.1. The number of aryl methyl sites for hydroxylation is 1. The number of hydrogen-bond acceptors (Lipinski definition) is 3. The van der Waals surface area contributed by atoms with Crippen LogP contribution in [0.2, 0.25) is 0 Å². The molecular formula is C11H15N3. The van der Waals surface area contributed by atoms with Gasteiger partial charge in [-0.3, -0.25) is 0 Å². The summed E-state index contributed by atoms with van der Waals surface area (Å²) < 4.78 is 0. The number of anilines is 2. The molecule has 0 bridgehead atoms. The maximum Gasteiger partial charge on any atom is 0.101 e. The molecule has 0 fully saturated rings. The van der Waals surface area contributed by atoms with Gasteiger partial charge in [0.25, 0.3) is 0 Å². The Balaban J connectivity index is 3.00. The van der Waals surface area contributed by atoms with Gasteiger partial charge in [-0.05, 0) is 31.0 Å². The SMILES string of the molecule is CCCNc1cc(C#N)c(N)cc1C. The fraction of sp³-hybridized carbons (Fsp3) is 0.364. The molecule has 0 saturated carbocycles. The van der Waals surface area contributed by atoms with Crippen molar-refractivity contribution < 1.29 is 0 Å². The fourth-order valence-electron chi connectivity index (χ4n) is 1.28. The molecule has 0 atom stereocenters. The summed E-state index contributed by atoms with van der Waals surface area (Å²) >= 11 is 0. The lowest BCUT2D eigenvalue weighted by Crippen LogP contribution is -2.03. The average molecular weight is 189 g/mol. The quantitative estimate of drug-likeness (QED) is 0.717. The molecule has 0 unspecified atom stereocenters. The zero-order valence-electron chi connectivity index (χ0n) is 8.59. The third-order valence-corrected chi connectivity index (χ3v) is 2.08. The van der Waals surface area contributed by atoms with E-state index in [2.05, 4.69) is 18.3 Å². The van der Waals surface area contributed by atoms with E-state index >= 15 is 0 Å². The van der Waals surface area contributed by atoms with Crippen molar-refractivity contribution in [2.24, 2.45) is 0 Å². The molecule has 0 spiro atoms. The Morgan fingerprint density at radius 2 is 2.21 bits per heavy atom. The minimum absolute atomic E-state index is 0.536. The van der Waals surface area contributed by atoms with Crippen molar-refractivity contribution >= 4 is 11.4 Å². The van der Waals surface area contributed by atoms with Crippen LogP contribution in [0.4, 0.5) is 11.4 Å². The first-order valence-electron chi connectivity index (χ1n) is 4.73. The highest BCUT2D eigenvalue weighted by molar-refractivity contribution is 5.65. The number of hydrogen-bond donors (Lipinski definition) is 2. The number of nitrogen functional groups attached to an aromatic ring is 1. The van der Waals surface area contributed by atoms with Gasteiger partial charge >= 0.3 is 0 Å². The maximum atomic E-state index is 8.80. The van der Waals surface area contributed by atoms with E-state index in [1.165, 1.54) is 0 Å². The van der Waals surface area contributed by atoms with Crippen LogP contribution < -0.4 is 11.1 Å². The van der Waals surface area contributed by atoms with Crippen LogP contribution in [0.3, 0.4) is 0 Å². The first kappa shape index (κ1) is 10.4. The first-order valence-corrected chi connectivity index (χ1v) is 4.73. The van der Waals surface area contributed by atoms with Crippen molar-refractivity contribution in [1.82, 2.24) is 0 Å². The van der Waals surface area contributed by atoms with Gasteiger partial charge in [0.1, 0.15) is 6.07 Å². The van der Waals surface area contributed by atoms with E-state index in [1.807, 2.05) is 13.0 Å². The molecule has 0 heterocycles. The molecule has 0 radical (unpaired) electrons. The molecule has 0 saturated heterocycles. The smallest absolute Gasteiger partial charge is 0.101 e. The van der Waals surface area contributed by atoms with Crippen molar-refractivity contribution in [3.8, 4) is 6.07 Å². The van der Waals surface area contributed by atoms with Crippen molar-refractivity contribution in [3.63, 3.8) is 0 Å². The van der Waals surface area contributed by atoms with E-state index in [1.54, 1.807) is 6.07 Å². The van der Waals surface area contributed by atoms with E-state index in [-0.39, 0.29) is 0 Å². The Kier molecular flexibility index (Phi) is 3.35. The summed E-state index contributed by atoms with van der Waals surface area (Å²) in [7, 11) is 0. The molecule has 0 amide bonds. The number of nitriles is 1. The van der Waals surface area contributed by atoms with E-state index in [4.69, 9.17) is 11.0 Å². The Morgan fingerprint density at radius 3 is 2.79 bits per heavy atom. The lowest BCUT2D eigenvalue weighted by atomic mass is 10.1. The Hall–Kier alpha value is -1.69. The highest BCUT2D eigenvalue weighted by Crippen LogP contribution is 2.21. The largest absolute Gasteiger partial charge is 0.398 e. The van der Waals surface area contributed by atoms with Crippen LogP contribution in [0.1, 0.15) is 24.5 Å². The molecule has 14 heavy (non-hydrogen) atoms. The summed E-state index contributed by atoms with van der Waals surface area (Å²) in [6, 6.07) is 5.71. The normalized spacial score (nSPS) is 9.50. The van der Waals surface area contributed by atoms with Gasteiger partial charge in [-0.15, -0.1) is 0 Å². The topological polar surface area (TPSA) is 61.8 Å². The van der Waals surface area contributed by atoms with Gasteiger partial charge in [0.05, 0.1) is 5.56 Å². The number of nitrogens with two attached hydrogens (primary N) is 1. The molecular weight excluding hydrogens is 174 g/mol. The molecule has 3 heteroatoms. The van der Waals surface area contributed by atoms with E-state index < -0.39 is 0 Å². The molecule has 3 N–H and O–H groups in total. The second kappa shape index (κ2) is 4.52. The number of rotatable bonds is 3. The zero-order chi connectivity index (χ0) is 10.6. The van der Waals surface area contributed by atoms with Gasteiger partial charge in [0, 0.05) is 17.9 Å². The van der Waals surface area contributed by atoms with Crippen molar-refractivity contribution in [3.05, 3.63) is 23.3 Å². The highest BCUT2D eigenvalue weighted by atomic mass is 14.9. The van der Waals surface area contributed by atoms with Crippen LogP contribution in [0, 0.1) is 18.3 Å². The second-order valence-electron chi connectivity index (χ2n) is 3.29. The van der Waals surface area contributed by atoms with Crippen LogP contribution >= 0.6 is 0 Å². The molecule has 1 aromatic carbocycles. The lowest BCUT2D eigenvalue weighted by molar-refractivity contribution is 0.977. The number of nitrogens with one attached hydrogen (secondary N) is 1. The van der Waals surface area contributed by atoms with Crippen LogP contribution in [-0.4, -0.2) is 6.54 Å². The van der Waals surface area contributed by atoms with Gasteiger partial charge < -0.3 is 11.1 Å². The Morgan fingerprint density at radius 1 is 1.50 bits per heavy atom. The van der Waals surface area contributed by atoms with Crippen LogP contribution in [0.25, 0.3) is 0 Å². The standard InChI is InChI=1S/C11H15N3/c1-3-4-14-11-6-9(7-12)10(13)5-8(11)2/h5-6,14H,3-4,13H2,1-2H3. The third kappa shape index (κ3) is 2.17. The minimum atomic E-state index is 0.536. The summed E-state index contributed by atoms with van der Waals surface area (Å²) in [5.41, 5.74) is 8.84. The predicted octanol–water partition coefficient (Wildman–Crippen LogP) is 2.27. The Bertz CT molecular complexity index is 364. The zero-order valence-corrected chi connectivity index (χ0v) is 8.59. The Labute approximate surface area is 84.5 Å². The molecule has 3 nitrogen and oxygen atoms in total. The summed E-state index contributed by atoms with van der Waals surface area (Å²) in [5.74, 6) is 0. The summed E-state index contributed by atoms with van der Waals surface area (Å²) in [4.78, 5) is 0. The van der Waals surface area contributed by atoms with Gasteiger partial charge in [-0.25, -0.2) is 0 Å². The van der Waals surface area contributed by atoms with Crippen LogP contribution in [-0.2, 0) is 0 Å². The molecule has 0 aromatic heterocycles. The van der Waals surface area contributed by atoms with E-state index in [0.717, 1.165) is 24.2 Å². The third-order valence-electron chi connectivity index (χ3n) is 2.08. The fourth-order valence-corrected chi connectivity index (χ4v) is 1.28. The van der Waals surface area contributed by atoms with Crippen molar-refractivity contribution in [2.45, 2.75) is 20.3 Å². The van der Waals surface area contributed by atoms with Gasteiger partial charge in [0.15, 0.2) is 0 Å². The molecule has 74 valence electrons.